The van der Waals surface area contributed by atoms with Crippen LogP contribution >= 0.6 is 11.6 Å². The number of rotatable bonds is 6. The van der Waals surface area contributed by atoms with E-state index in [2.05, 4.69) is 71.3 Å². The van der Waals surface area contributed by atoms with Crippen molar-refractivity contribution in [3.8, 4) is 0 Å². The second-order valence-corrected chi connectivity index (χ2v) is 11.7. The Morgan fingerprint density at radius 1 is 1.08 bits per heavy atom. The summed E-state index contributed by atoms with van der Waals surface area (Å²) in [6, 6.07) is 9.21. The molecule has 38 heavy (non-hydrogen) atoms. The van der Waals surface area contributed by atoms with Gasteiger partial charge in [0.15, 0.2) is 11.5 Å². The fourth-order valence-corrected chi connectivity index (χ4v) is 6.54. The van der Waals surface area contributed by atoms with Crippen LogP contribution in [-0.2, 0) is 11.3 Å². The molecule has 0 aliphatic carbocycles. The van der Waals surface area contributed by atoms with Crippen LogP contribution in [0.4, 0.5) is 5.82 Å². The van der Waals surface area contributed by atoms with Gasteiger partial charge in [-0.3, -0.25) is 4.90 Å². The van der Waals surface area contributed by atoms with Crippen molar-refractivity contribution >= 4 is 34.4 Å². The Labute approximate surface area is 228 Å². The second-order valence-electron chi connectivity index (χ2n) is 11.3. The van der Waals surface area contributed by atoms with Gasteiger partial charge in [-0.1, -0.05) is 37.6 Å². The Morgan fingerprint density at radius 2 is 1.87 bits per heavy atom. The number of ether oxygens (including phenoxy) is 1. The lowest BCUT2D eigenvalue weighted by Gasteiger charge is -2.49. The predicted octanol–water partition coefficient (Wildman–Crippen LogP) is 4.91. The molecular formula is C28H37ClN8O. The summed E-state index contributed by atoms with van der Waals surface area (Å²) in [4.78, 5) is 15.1. The first-order valence-electron chi connectivity index (χ1n) is 13.8. The van der Waals surface area contributed by atoms with Gasteiger partial charge in [-0.2, -0.15) is 4.98 Å². The van der Waals surface area contributed by atoms with Crippen LogP contribution in [0, 0.1) is 12.8 Å². The third-order valence-corrected chi connectivity index (χ3v) is 8.48. The number of benzene rings is 1. The molecule has 0 spiro atoms. The van der Waals surface area contributed by atoms with Crippen LogP contribution in [0.15, 0.2) is 30.6 Å². The number of hydrogen-bond acceptors (Lipinski definition) is 7. The van der Waals surface area contributed by atoms with Crippen molar-refractivity contribution in [2.45, 2.75) is 78.2 Å². The Hall–Kier alpha value is -2.75. The van der Waals surface area contributed by atoms with E-state index in [-0.39, 0.29) is 12.1 Å². The molecule has 4 aromatic rings. The molecule has 202 valence electrons. The highest BCUT2D eigenvalue weighted by Gasteiger charge is 2.37. The maximum absolute atomic E-state index is 6.21. The van der Waals surface area contributed by atoms with Gasteiger partial charge in [0, 0.05) is 42.8 Å². The number of fused-ring (bicyclic) bond motifs is 3. The maximum Gasteiger partial charge on any atom is 0.258 e. The molecule has 3 aromatic heterocycles. The second kappa shape index (κ2) is 10.1. The highest BCUT2D eigenvalue weighted by molar-refractivity contribution is 6.30. The van der Waals surface area contributed by atoms with E-state index in [9.17, 15) is 0 Å². The molecule has 2 aliphatic rings. The first kappa shape index (κ1) is 25.5. The quantitative estimate of drug-likeness (QED) is 0.346. The van der Waals surface area contributed by atoms with Gasteiger partial charge in [0.2, 0.25) is 0 Å². The molecule has 0 radical (unpaired) electrons. The van der Waals surface area contributed by atoms with E-state index >= 15 is 0 Å². The molecule has 6 rings (SSSR count). The van der Waals surface area contributed by atoms with Gasteiger partial charge < -0.3 is 14.2 Å². The Balaban J connectivity index is 1.37. The van der Waals surface area contributed by atoms with E-state index in [1.54, 1.807) is 6.33 Å². The van der Waals surface area contributed by atoms with Crippen molar-refractivity contribution in [1.82, 2.24) is 34.0 Å². The topological polar surface area (TPSA) is 76.6 Å². The number of aromatic nitrogens is 6. The molecule has 0 amide bonds. The van der Waals surface area contributed by atoms with Gasteiger partial charge in [-0.25, -0.2) is 9.38 Å². The fraction of sp³-hybridized carbons (Fsp3) is 0.571. The number of anilines is 1. The van der Waals surface area contributed by atoms with Crippen molar-refractivity contribution < 1.29 is 4.74 Å². The zero-order valence-electron chi connectivity index (χ0n) is 22.9. The molecule has 2 saturated heterocycles. The van der Waals surface area contributed by atoms with Crippen LogP contribution in [0.5, 0.6) is 0 Å². The lowest BCUT2D eigenvalue weighted by Crippen LogP contribution is -2.58. The monoisotopic (exact) mass is 536 g/mol. The lowest BCUT2D eigenvalue weighted by atomic mass is 9.91. The van der Waals surface area contributed by atoms with Gasteiger partial charge in [0.05, 0.1) is 12.6 Å². The van der Waals surface area contributed by atoms with Crippen molar-refractivity contribution in [2.75, 3.05) is 24.6 Å². The van der Waals surface area contributed by atoms with Gasteiger partial charge >= 0.3 is 0 Å². The standard InChI is InChI=1S/C28H37ClN8O/c1-17(2)25(21-8-10-22(29)11-9-21)34-13-19(4)35(14-18(34)3)26-24-27(37-16-30-33-28(37)32-26)36(20(5)31-24)15-23-7-6-12-38-23/h8-11,16-19,23,25H,6-7,12-15H2,1-5H3/t18-,19+,23+,25?/m1/s1. The molecule has 0 bridgehead atoms. The molecule has 2 aliphatic heterocycles. The normalized spacial score (nSPS) is 23.8. The van der Waals surface area contributed by atoms with Crippen LogP contribution < -0.4 is 4.90 Å². The van der Waals surface area contributed by atoms with Crippen molar-refractivity contribution in [2.24, 2.45) is 5.92 Å². The largest absolute Gasteiger partial charge is 0.376 e. The molecule has 1 unspecified atom stereocenters. The van der Waals surface area contributed by atoms with Gasteiger partial charge in [-0.05, 0) is 57.2 Å². The molecule has 1 aromatic carbocycles. The van der Waals surface area contributed by atoms with Crippen LogP contribution in [0.3, 0.4) is 0 Å². The van der Waals surface area contributed by atoms with E-state index in [0.29, 0.717) is 23.8 Å². The Kier molecular flexibility index (Phi) is 6.78. The summed E-state index contributed by atoms with van der Waals surface area (Å²) >= 11 is 6.21. The minimum absolute atomic E-state index is 0.206. The minimum Gasteiger partial charge on any atom is -0.376 e. The summed E-state index contributed by atoms with van der Waals surface area (Å²) in [5.41, 5.74) is 3.20. The van der Waals surface area contributed by atoms with E-state index in [1.807, 2.05) is 16.5 Å². The average Bonchev–Trinajstić information content (AvgIpc) is 3.63. The fourth-order valence-electron chi connectivity index (χ4n) is 6.42. The summed E-state index contributed by atoms with van der Waals surface area (Å²) < 4.78 is 10.2. The SMILES string of the molecule is Cc1nc2c(N3C[C@@H](C)N(C(c4ccc(Cl)cc4)C(C)C)C[C@@H]3C)nc3nncn3c2n1C[C@@H]1CCCO1. The van der Waals surface area contributed by atoms with Crippen molar-refractivity contribution in [3.63, 3.8) is 0 Å². The highest BCUT2D eigenvalue weighted by Crippen LogP contribution is 2.36. The zero-order chi connectivity index (χ0) is 26.6. The lowest BCUT2D eigenvalue weighted by molar-refractivity contribution is 0.0822. The number of hydrogen-bond donors (Lipinski definition) is 0. The third kappa shape index (κ3) is 4.44. The third-order valence-electron chi connectivity index (χ3n) is 8.22. The maximum atomic E-state index is 6.21. The number of nitrogens with zero attached hydrogens (tertiary/aromatic N) is 8. The molecule has 9 nitrogen and oxygen atoms in total. The highest BCUT2D eigenvalue weighted by atomic mass is 35.5. The molecule has 2 fully saturated rings. The van der Waals surface area contributed by atoms with Gasteiger partial charge in [0.25, 0.3) is 5.78 Å². The van der Waals surface area contributed by atoms with Crippen molar-refractivity contribution in [3.05, 3.63) is 47.0 Å². The number of aryl methyl sites for hydroxylation is 1. The average molecular weight is 537 g/mol. The Morgan fingerprint density at radius 3 is 2.58 bits per heavy atom. The van der Waals surface area contributed by atoms with Gasteiger partial charge in [0.1, 0.15) is 17.7 Å². The predicted molar refractivity (Wildman–Crippen MR) is 150 cm³/mol. The van der Waals surface area contributed by atoms with Crippen LogP contribution in [0.1, 0.15) is 58.0 Å². The zero-order valence-corrected chi connectivity index (χ0v) is 23.6. The summed E-state index contributed by atoms with van der Waals surface area (Å²) in [6.45, 7) is 14.7. The van der Waals surface area contributed by atoms with Crippen LogP contribution in [0.2, 0.25) is 5.02 Å². The van der Waals surface area contributed by atoms with Crippen LogP contribution in [0.25, 0.3) is 16.9 Å². The molecular weight excluding hydrogens is 500 g/mol. The van der Waals surface area contributed by atoms with E-state index in [0.717, 1.165) is 66.9 Å². The van der Waals surface area contributed by atoms with E-state index in [1.165, 1.54) is 5.56 Å². The summed E-state index contributed by atoms with van der Waals surface area (Å²) in [7, 11) is 0. The molecule has 10 heteroatoms. The molecule has 5 heterocycles. The van der Waals surface area contributed by atoms with E-state index in [4.69, 9.17) is 26.3 Å². The summed E-state index contributed by atoms with van der Waals surface area (Å²) in [5, 5.41) is 9.31. The number of piperazine rings is 1. The Bertz CT molecular complexity index is 1420. The number of halogens is 1. The summed E-state index contributed by atoms with van der Waals surface area (Å²) in [5.74, 6) is 2.91. The first-order valence-corrected chi connectivity index (χ1v) is 14.2. The van der Waals surface area contributed by atoms with Crippen LogP contribution in [-0.4, -0.2) is 71.9 Å². The molecule has 4 atom stereocenters. The van der Waals surface area contributed by atoms with E-state index < -0.39 is 0 Å². The minimum atomic E-state index is 0.206. The smallest absolute Gasteiger partial charge is 0.258 e. The summed E-state index contributed by atoms with van der Waals surface area (Å²) in [6.07, 6.45) is 4.13. The molecule has 0 N–H and O–H groups in total. The first-order chi connectivity index (χ1) is 18.3. The van der Waals surface area contributed by atoms with Gasteiger partial charge in [-0.15, -0.1) is 10.2 Å². The van der Waals surface area contributed by atoms with Crippen molar-refractivity contribution in [1.29, 1.82) is 0 Å². The number of imidazole rings is 1. The molecule has 0 saturated carbocycles.